The van der Waals surface area contributed by atoms with Crippen LogP contribution in [-0.4, -0.2) is 35.8 Å². The molecule has 0 aromatic heterocycles. The standard InChI is InChI=1S/C35H30N2O6/c1-43-29-18-20(13-17-28(29)38)12-14-24-23-15-16-25-31(35(42)36(32(25)39)21-8-4-2-5-9-21)26(23)19-27-30(24)34(41)37(33(27)40)22-10-6-3-7-11-22/h2-15,17-18,24-27,30-31,38H,16,19H2,1H3/t24-,25-,26+,27+,30-,31-/m0/s1. The monoisotopic (exact) mass is 574 g/mol. The summed E-state index contributed by atoms with van der Waals surface area (Å²) in [7, 11) is 1.47. The van der Waals surface area contributed by atoms with Crippen LogP contribution in [0.15, 0.2) is 96.6 Å². The molecule has 4 aliphatic rings. The molecule has 8 nitrogen and oxygen atoms in total. The summed E-state index contributed by atoms with van der Waals surface area (Å²) in [4.78, 5) is 58.1. The molecule has 2 heterocycles. The van der Waals surface area contributed by atoms with Gasteiger partial charge in [0.15, 0.2) is 11.5 Å². The zero-order valence-electron chi connectivity index (χ0n) is 23.5. The lowest BCUT2D eigenvalue weighted by atomic mass is 9.58. The number of anilines is 2. The molecule has 3 fully saturated rings. The lowest BCUT2D eigenvalue weighted by molar-refractivity contribution is -0.126. The zero-order chi connectivity index (χ0) is 29.8. The Balaban J connectivity index is 1.30. The van der Waals surface area contributed by atoms with Crippen molar-refractivity contribution in [2.24, 2.45) is 35.5 Å². The fraction of sp³-hybridized carbons (Fsp3) is 0.257. The summed E-state index contributed by atoms with van der Waals surface area (Å²) in [6, 6.07) is 22.8. The van der Waals surface area contributed by atoms with Crippen molar-refractivity contribution in [1.82, 2.24) is 0 Å². The highest BCUT2D eigenvalue weighted by Gasteiger charge is 2.61. The van der Waals surface area contributed by atoms with Crippen LogP contribution >= 0.6 is 0 Å². The topological polar surface area (TPSA) is 104 Å². The van der Waals surface area contributed by atoms with E-state index in [4.69, 9.17) is 4.74 Å². The van der Waals surface area contributed by atoms with Crippen molar-refractivity contribution in [2.45, 2.75) is 12.8 Å². The summed E-state index contributed by atoms with van der Waals surface area (Å²) >= 11 is 0. The minimum atomic E-state index is -0.639. The van der Waals surface area contributed by atoms with E-state index in [-0.39, 0.29) is 35.3 Å². The van der Waals surface area contributed by atoms with E-state index < -0.39 is 29.6 Å². The summed E-state index contributed by atoms with van der Waals surface area (Å²) < 4.78 is 5.27. The number of carbonyl (C=O) groups is 4. The smallest absolute Gasteiger partial charge is 0.238 e. The normalized spacial score (nSPS) is 28.2. The zero-order valence-corrected chi connectivity index (χ0v) is 23.5. The van der Waals surface area contributed by atoms with Crippen molar-refractivity contribution in [3.05, 3.63) is 102 Å². The van der Waals surface area contributed by atoms with E-state index >= 15 is 0 Å². The fourth-order valence-corrected chi connectivity index (χ4v) is 7.52. The van der Waals surface area contributed by atoms with Gasteiger partial charge in [-0.15, -0.1) is 0 Å². The largest absolute Gasteiger partial charge is 0.504 e. The number of ether oxygens (including phenoxy) is 1. The van der Waals surface area contributed by atoms with Crippen molar-refractivity contribution < 1.29 is 29.0 Å². The number of phenolic OH excluding ortho intramolecular Hbond substituents is 1. The Morgan fingerprint density at radius 3 is 1.98 bits per heavy atom. The lowest BCUT2D eigenvalue weighted by Gasteiger charge is -2.42. The molecule has 8 heteroatoms. The first-order valence-electron chi connectivity index (χ1n) is 14.5. The first-order valence-corrected chi connectivity index (χ1v) is 14.5. The molecule has 0 unspecified atom stereocenters. The van der Waals surface area contributed by atoms with Crippen molar-refractivity contribution in [1.29, 1.82) is 0 Å². The molecule has 2 aliphatic carbocycles. The van der Waals surface area contributed by atoms with Crippen LogP contribution in [0.5, 0.6) is 11.5 Å². The molecular formula is C35H30N2O6. The predicted molar refractivity (Wildman–Crippen MR) is 160 cm³/mol. The van der Waals surface area contributed by atoms with Gasteiger partial charge < -0.3 is 9.84 Å². The molecule has 3 aromatic rings. The highest BCUT2D eigenvalue weighted by molar-refractivity contribution is 6.24. The number of fused-ring (bicyclic) bond motifs is 4. The molecule has 2 aliphatic heterocycles. The van der Waals surface area contributed by atoms with E-state index in [0.717, 1.165) is 11.1 Å². The van der Waals surface area contributed by atoms with Crippen LogP contribution in [0.3, 0.4) is 0 Å². The van der Waals surface area contributed by atoms with E-state index in [9.17, 15) is 24.3 Å². The van der Waals surface area contributed by atoms with Gasteiger partial charge in [-0.3, -0.25) is 29.0 Å². The fourth-order valence-electron chi connectivity index (χ4n) is 7.52. The second-order valence-electron chi connectivity index (χ2n) is 11.6. The van der Waals surface area contributed by atoms with E-state index in [1.807, 2.05) is 30.4 Å². The molecular weight excluding hydrogens is 544 g/mol. The van der Waals surface area contributed by atoms with Crippen LogP contribution < -0.4 is 14.5 Å². The van der Waals surface area contributed by atoms with E-state index in [2.05, 4.69) is 0 Å². The van der Waals surface area contributed by atoms with Crippen molar-refractivity contribution >= 4 is 41.1 Å². The molecule has 1 saturated carbocycles. The number of amides is 4. The van der Waals surface area contributed by atoms with Crippen LogP contribution in [0.4, 0.5) is 11.4 Å². The number of benzene rings is 3. The highest BCUT2D eigenvalue weighted by atomic mass is 16.5. The summed E-state index contributed by atoms with van der Waals surface area (Å²) in [6.07, 6.45) is 6.53. The number of imide groups is 2. The Kier molecular flexibility index (Phi) is 6.49. The first-order chi connectivity index (χ1) is 20.9. The number of hydrogen-bond acceptors (Lipinski definition) is 6. The second kappa shape index (κ2) is 10.4. The number of rotatable bonds is 5. The highest BCUT2D eigenvalue weighted by Crippen LogP contribution is 2.56. The van der Waals surface area contributed by atoms with Gasteiger partial charge in [-0.2, -0.15) is 0 Å². The van der Waals surface area contributed by atoms with Crippen LogP contribution in [0.2, 0.25) is 0 Å². The van der Waals surface area contributed by atoms with E-state index in [0.29, 0.717) is 30.0 Å². The maximum Gasteiger partial charge on any atom is 0.238 e. The summed E-state index contributed by atoms with van der Waals surface area (Å²) in [5.74, 6) is -3.88. The summed E-state index contributed by atoms with van der Waals surface area (Å²) in [5, 5.41) is 10.1. The van der Waals surface area contributed by atoms with E-state index in [1.165, 1.54) is 23.0 Å². The molecule has 1 N–H and O–H groups in total. The van der Waals surface area contributed by atoms with Crippen LogP contribution in [-0.2, 0) is 19.2 Å². The molecule has 6 atom stereocenters. The third-order valence-corrected chi connectivity index (χ3v) is 9.43. The van der Waals surface area contributed by atoms with Crippen molar-refractivity contribution in [3.63, 3.8) is 0 Å². The van der Waals surface area contributed by atoms with Gasteiger partial charge in [0.1, 0.15) is 0 Å². The molecule has 0 spiro atoms. The van der Waals surface area contributed by atoms with Crippen LogP contribution in [0.1, 0.15) is 18.4 Å². The summed E-state index contributed by atoms with van der Waals surface area (Å²) in [5.41, 5.74) is 2.75. The van der Waals surface area contributed by atoms with Crippen molar-refractivity contribution in [3.8, 4) is 11.5 Å². The molecule has 0 radical (unpaired) electrons. The Labute approximate surface area is 248 Å². The van der Waals surface area contributed by atoms with E-state index in [1.54, 1.807) is 60.7 Å². The number of allylic oxidation sites excluding steroid dienone is 3. The Bertz CT molecular complexity index is 1700. The molecule has 2 saturated heterocycles. The minimum Gasteiger partial charge on any atom is -0.504 e. The molecule has 4 amide bonds. The van der Waals surface area contributed by atoms with Gasteiger partial charge in [0.2, 0.25) is 23.6 Å². The van der Waals surface area contributed by atoms with Gasteiger partial charge in [0, 0.05) is 5.92 Å². The number of phenols is 1. The van der Waals surface area contributed by atoms with Crippen molar-refractivity contribution in [2.75, 3.05) is 16.9 Å². The van der Waals surface area contributed by atoms with Crippen LogP contribution in [0, 0.1) is 35.5 Å². The predicted octanol–water partition coefficient (Wildman–Crippen LogP) is 4.99. The summed E-state index contributed by atoms with van der Waals surface area (Å²) in [6.45, 7) is 0. The maximum absolute atomic E-state index is 14.0. The average molecular weight is 575 g/mol. The number of carbonyl (C=O) groups excluding carboxylic acids is 4. The van der Waals surface area contributed by atoms with Gasteiger partial charge in [-0.05, 0) is 60.7 Å². The first kappa shape index (κ1) is 26.9. The molecule has 7 rings (SSSR count). The number of hydrogen-bond donors (Lipinski definition) is 1. The number of methoxy groups -OCH3 is 1. The van der Waals surface area contributed by atoms with Gasteiger partial charge in [-0.1, -0.05) is 66.3 Å². The number of aromatic hydroxyl groups is 1. The SMILES string of the molecule is COc1cc(C=C[C@H]2C3=CC[C@@H]4C(=O)N(c5ccccc5)C(=O)[C@@H]4[C@@H]3C[C@H]3C(=O)N(c4ccccc4)C(=O)[C@@H]23)ccc1O. The van der Waals surface area contributed by atoms with Gasteiger partial charge in [0.25, 0.3) is 0 Å². The Morgan fingerprint density at radius 1 is 0.744 bits per heavy atom. The van der Waals surface area contributed by atoms with Gasteiger partial charge >= 0.3 is 0 Å². The third kappa shape index (κ3) is 4.20. The minimum absolute atomic E-state index is 0.0147. The number of para-hydroxylation sites is 2. The maximum atomic E-state index is 14.0. The Hall–Kier alpha value is -4.98. The number of nitrogens with zero attached hydrogens (tertiary/aromatic N) is 2. The molecule has 216 valence electrons. The Morgan fingerprint density at radius 2 is 1.35 bits per heavy atom. The van der Waals surface area contributed by atoms with Gasteiger partial charge in [0.05, 0.1) is 42.2 Å². The average Bonchev–Trinajstić information content (AvgIpc) is 3.44. The molecule has 43 heavy (non-hydrogen) atoms. The second-order valence-corrected chi connectivity index (χ2v) is 11.6. The third-order valence-electron chi connectivity index (χ3n) is 9.43. The van der Waals surface area contributed by atoms with Gasteiger partial charge in [-0.25, -0.2) is 0 Å². The lowest BCUT2D eigenvalue weighted by Crippen LogP contribution is -2.43. The molecule has 0 bridgehead atoms. The molecule has 3 aromatic carbocycles. The van der Waals surface area contributed by atoms with Crippen LogP contribution in [0.25, 0.3) is 6.08 Å². The quantitative estimate of drug-likeness (QED) is 0.340.